The lowest BCUT2D eigenvalue weighted by Crippen LogP contribution is -2.51. The lowest BCUT2D eigenvalue weighted by Gasteiger charge is -2.29. The quantitative estimate of drug-likeness (QED) is 0.640. The minimum absolute atomic E-state index is 0.00131. The molecule has 4 atom stereocenters. The van der Waals surface area contributed by atoms with Crippen LogP contribution in [-0.4, -0.2) is 66.9 Å². The van der Waals surface area contributed by atoms with Crippen molar-refractivity contribution in [3.8, 4) is 0 Å². The highest BCUT2D eigenvalue weighted by Gasteiger charge is 2.48. The molecule has 2 aliphatic heterocycles. The first kappa shape index (κ1) is 26.7. The van der Waals surface area contributed by atoms with Crippen LogP contribution in [0.1, 0.15) is 52.0 Å². The number of rotatable bonds is 4. The monoisotopic (exact) mass is 531 g/mol. The molecule has 1 saturated carbocycles. The topological polar surface area (TPSA) is 96.0 Å². The number of nitrogens with zero attached hydrogens (tertiary/aromatic N) is 2. The van der Waals surface area contributed by atoms with Crippen molar-refractivity contribution < 1.29 is 35.9 Å². The van der Waals surface area contributed by atoms with E-state index in [9.17, 15) is 31.2 Å². The molecule has 3 aliphatic rings. The summed E-state index contributed by atoms with van der Waals surface area (Å²) in [7, 11) is -4.12. The van der Waals surface area contributed by atoms with Crippen molar-refractivity contribution in [2.45, 2.75) is 75.2 Å². The van der Waals surface area contributed by atoms with E-state index in [1.165, 1.54) is 15.3 Å². The molecule has 0 radical (unpaired) electrons. The van der Waals surface area contributed by atoms with Crippen LogP contribution in [0.5, 0.6) is 0 Å². The van der Waals surface area contributed by atoms with E-state index in [4.69, 9.17) is 4.74 Å². The van der Waals surface area contributed by atoms with Gasteiger partial charge in [0.1, 0.15) is 11.6 Å². The molecule has 1 aromatic rings. The summed E-state index contributed by atoms with van der Waals surface area (Å²) >= 11 is 0. The number of halogens is 3. The Balaban J connectivity index is 1.42. The Hall–Kier alpha value is -2.34. The number of sulfonamides is 1. The standard InChI is InChI=1S/C24H32F3N3O5S/c1-23(2,3)35-22(32)30-11-5-8-20(30)21(31)28-19-10-9-15-13-29(14-18(15)19)36(33,34)17-7-4-6-16(12-17)24(25,26)27/h4,6-7,12,15,18-20H,5,8-11,13-14H2,1-3H3,(H,28,31)/t15-,18+,19+,20?/m0/s1. The van der Waals surface area contributed by atoms with Gasteiger partial charge < -0.3 is 10.1 Å². The number of nitrogens with one attached hydrogen (secondary N) is 1. The summed E-state index contributed by atoms with van der Waals surface area (Å²) in [6.45, 7) is 6.01. The molecule has 1 aromatic carbocycles. The van der Waals surface area contributed by atoms with E-state index >= 15 is 0 Å². The fraction of sp³-hybridized carbons (Fsp3) is 0.667. The van der Waals surface area contributed by atoms with Gasteiger partial charge in [0.05, 0.1) is 10.5 Å². The maximum absolute atomic E-state index is 13.1. The van der Waals surface area contributed by atoms with Crippen LogP contribution in [0.2, 0.25) is 0 Å². The molecule has 2 heterocycles. The normalized spacial score (nSPS) is 27.2. The second kappa shape index (κ2) is 9.51. The van der Waals surface area contributed by atoms with E-state index in [0.29, 0.717) is 38.3 Å². The third-order valence-electron chi connectivity index (χ3n) is 7.13. The zero-order chi connectivity index (χ0) is 26.5. The van der Waals surface area contributed by atoms with Gasteiger partial charge in [-0.05, 0) is 76.5 Å². The number of benzene rings is 1. The van der Waals surface area contributed by atoms with Crippen LogP contribution >= 0.6 is 0 Å². The third kappa shape index (κ3) is 5.49. The van der Waals surface area contributed by atoms with Crippen molar-refractivity contribution in [1.82, 2.24) is 14.5 Å². The van der Waals surface area contributed by atoms with Crippen LogP contribution in [-0.2, 0) is 25.7 Å². The summed E-state index contributed by atoms with van der Waals surface area (Å²) in [6, 6.07) is 2.84. The molecule has 2 saturated heterocycles. The number of likely N-dealkylation sites (tertiary alicyclic amines) is 1. The van der Waals surface area contributed by atoms with Crippen LogP contribution in [0, 0.1) is 11.8 Å². The first-order chi connectivity index (χ1) is 16.7. The number of carbonyl (C=O) groups excluding carboxylic acids is 2. The van der Waals surface area contributed by atoms with Crippen molar-refractivity contribution >= 4 is 22.0 Å². The molecule has 1 aliphatic carbocycles. The number of amides is 2. The van der Waals surface area contributed by atoms with Gasteiger partial charge in [-0.2, -0.15) is 17.5 Å². The Morgan fingerprint density at radius 1 is 1.08 bits per heavy atom. The SMILES string of the molecule is CC(C)(C)OC(=O)N1CCCC1C(=O)N[C@@H]1CC[C@H]2CN(S(=O)(=O)c3cccc(C(F)(F)F)c3)C[C@H]21. The second-order valence-corrected chi connectivity index (χ2v) is 12.7. The molecule has 36 heavy (non-hydrogen) atoms. The molecule has 0 bridgehead atoms. The highest BCUT2D eigenvalue weighted by molar-refractivity contribution is 7.89. The average Bonchev–Trinajstić information content (AvgIpc) is 3.49. The van der Waals surface area contributed by atoms with Gasteiger partial charge in [0.15, 0.2) is 0 Å². The Kier molecular flexibility index (Phi) is 7.06. The van der Waals surface area contributed by atoms with E-state index in [-0.39, 0.29) is 36.9 Å². The minimum Gasteiger partial charge on any atom is -0.444 e. The Morgan fingerprint density at radius 3 is 2.47 bits per heavy atom. The third-order valence-corrected chi connectivity index (χ3v) is 8.96. The predicted octanol–water partition coefficient (Wildman–Crippen LogP) is 3.62. The number of alkyl halides is 3. The summed E-state index contributed by atoms with van der Waals surface area (Å²) < 4.78 is 72.2. The van der Waals surface area contributed by atoms with Crippen molar-refractivity contribution in [3.05, 3.63) is 29.8 Å². The maximum atomic E-state index is 13.1. The van der Waals surface area contributed by atoms with Crippen LogP contribution in [0.3, 0.4) is 0 Å². The zero-order valence-corrected chi connectivity index (χ0v) is 21.4. The van der Waals surface area contributed by atoms with Crippen LogP contribution in [0.25, 0.3) is 0 Å². The summed E-state index contributed by atoms with van der Waals surface area (Å²) in [5.41, 5.74) is -1.70. The molecule has 0 spiro atoms. The molecule has 2 amide bonds. The van der Waals surface area contributed by atoms with Gasteiger partial charge >= 0.3 is 12.3 Å². The van der Waals surface area contributed by atoms with E-state index in [1.54, 1.807) is 20.8 Å². The maximum Gasteiger partial charge on any atom is 0.416 e. The van der Waals surface area contributed by atoms with E-state index < -0.39 is 44.4 Å². The number of hydrogen-bond acceptors (Lipinski definition) is 5. The molecule has 200 valence electrons. The first-order valence-electron chi connectivity index (χ1n) is 12.1. The van der Waals surface area contributed by atoms with Crippen LogP contribution in [0.15, 0.2) is 29.2 Å². The van der Waals surface area contributed by atoms with Gasteiger partial charge in [-0.3, -0.25) is 9.69 Å². The fourth-order valence-electron chi connectivity index (χ4n) is 5.44. The molecule has 8 nitrogen and oxygen atoms in total. The number of ether oxygens (including phenoxy) is 1. The van der Waals surface area contributed by atoms with Gasteiger partial charge in [-0.15, -0.1) is 0 Å². The molecule has 1 N–H and O–H groups in total. The van der Waals surface area contributed by atoms with Gasteiger partial charge in [0.2, 0.25) is 15.9 Å². The van der Waals surface area contributed by atoms with Crippen molar-refractivity contribution in [2.24, 2.45) is 11.8 Å². The molecule has 1 unspecified atom stereocenters. The van der Waals surface area contributed by atoms with Gasteiger partial charge in [0, 0.05) is 25.7 Å². The number of hydrogen-bond donors (Lipinski definition) is 1. The van der Waals surface area contributed by atoms with E-state index in [0.717, 1.165) is 12.1 Å². The number of carbonyl (C=O) groups is 2. The highest BCUT2D eigenvalue weighted by atomic mass is 32.2. The fourth-order valence-corrected chi connectivity index (χ4v) is 7.02. The molecule has 0 aromatic heterocycles. The summed E-state index contributed by atoms with van der Waals surface area (Å²) in [4.78, 5) is 26.7. The van der Waals surface area contributed by atoms with E-state index in [1.807, 2.05) is 0 Å². The van der Waals surface area contributed by atoms with Crippen molar-refractivity contribution in [2.75, 3.05) is 19.6 Å². The van der Waals surface area contributed by atoms with Crippen molar-refractivity contribution in [1.29, 1.82) is 0 Å². The molecule has 4 rings (SSSR count). The highest BCUT2D eigenvalue weighted by Crippen LogP contribution is 2.41. The van der Waals surface area contributed by atoms with Gasteiger partial charge in [0.25, 0.3) is 0 Å². The second-order valence-electron chi connectivity index (χ2n) is 10.8. The predicted molar refractivity (Wildman–Crippen MR) is 124 cm³/mol. The molecular formula is C24H32F3N3O5S. The Bertz CT molecular complexity index is 1120. The van der Waals surface area contributed by atoms with Gasteiger partial charge in [-0.25, -0.2) is 13.2 Å². The molecule has 3 fully saturated rings. The van der Waals surface area contributed by atoms with Crippen LogP contribution in [0.4, 0.5) is 18.0 Å². The zero-order valence-electron chi connectivity index (χ0n) is 20.5. The number of fused-ring (bicyclic) bond motifs is 1. The lowest BCUT2D eigenvalue weighted by atomic mass is 9.97. The summed E-state index contributed by atoms with van der Waals surface area (Å²) in [5.74, 6) is -0.435. The lowest BCUT2D eigenvalue weighted by molar-refractivity contribution is -0.137. The summed E-state index contributed by atoms with van der Waals surface area (Å²) in [6.07, 6.45) is -2.61. The van der Waals surface area contributed by atoms with Crippen LogP contribution < -0.4 is 5.32 Å². The van der Waals surface area contributed by atoms with Crippen molar-refractivity contribution in [3.63, 3.8) is 0 Å². The smallest absolute Gasteiger partial charge is 0.416 e. The largest absolute Gasteiger partial charge is 0.444 e. The molecule has 12 heteroatoms. The Morgan fingerprint density at radius 2 is 1.81 bits per heavy atom. The Labute approximate surface area is 209 Å². The van der Waals surface area contributed by atoms with E-state index in [2.05, 4.69) is 5.32 Å². The first-order valence-corrected chi connectivity index (χ1v) is 13.6. The minimum atomic E-state index is -4.64. The average molecular weight is 532 g/mol. The molecular weight excluding hydrogens is 499 g/mol. The van der Waals surface area contributed by atoms with Gasteiger partial charge in [-0.1, -0.05) is 6.07 Å². The summed E-state index contributed by atoms with van der Waals surface area (Å²) in [5, 5.41) is 3.02.